The number of ether oxygens (including phenoxy) is 2. The van der Waals surface area contributed by atoms with Crippen molar-refractivity contribution < 1.29 is 9.47 Å². The number of hydrogen-bond donors (Lipinski definition) is 2. The van der Waals surface area contributed by atoms with Crippen molar-refractivity contribution in [2.24, 2.45) is 0 Å². The van der Waals surface area contributed by atoms with E-state index in [9.17, 15) is 0 Å². The molecular formula is C31H31N7O2S. The Bertz CT molecular complexity index is 1530. The van der Waals surface area contributed by atoms with E-state index in [0.717, 1.165) is 68.0 Å². The number of para-hydroxylation sites is 1. The van der Waals surface area contributed by atoms with E-state index in [-0.39, 0.29) is 6.79 Å². The number of thiocarbonyl (C=S) groups is 1. The lowest BCUT2D eigenvalue weighted by molar-refractivity contribution is 0.174. The molecule has 3 aromatic carbocycles. The summed E-state index contributed by atoms with van der Waals surface area (Å²) >= 11 is 5.65. The van der Waals surface area contributed by atoms with Crippen LogP contribution in [0.25, 0.3) is 0 Å². The highest BCUT2D eigenvalue weighted by Crippen LogP contribution is 2.33. The highest BCUT2D eigenvalue weighted by Gasteiger charge is 2.24. The average molecular weight is 566 g/mol. The van der Waals surface area contributed by atoms with Crippen LogP contribution < -0.4 is 34.8 Å². The lowest BCUT2D eigenvalue weighted by atomic mass is 10.1. The molecule has 3 aliphatic rings. The topological polar surface area (TPSA) is 78.0 Å². The van der Waals surface area contributed by atoms with Gasteiger partial charge in [-0.15, -0.1) is 0 Å². The normalized spacial score (nSPS) is 15.6. The van der Waals surface area contributed by atoms with Crippen LogP contribution in [0.4, 0.5) is 23.3 Å². The van der Waals surface area contributed by atoms with Crippen molar-refractivity contribution in [2.75, 3.05) is 53.0 Å². The van der Waals surface area contributed by atoms with Gasteiger partial charge in [0, 0.05) is 57.6 Å². The Kier molecular flexibility index (Phi) is 6.90. The summed E-state index contributed by atoms with van der Waals surface area (Å²) in [5, 5.41) is 6.98. The van der Waals surface area contributed by atoms with Gasteiger partial charge in [-0.1, -0.05) is 48.5 Å². The van der Waals surface area contributed by atoms with Crippen LogP contribution >= 0.6 is 12.2 Å². The zero-order chi connectivity index (χ0) is 27.6. The SMILES string of the molecule is S=C(NCc1ccc2c(c1)OCO2)Nc1nc(N2CCN(c3ccccc3)CC2)cc(N2Cc3ccccc3C2)n1. The summed E-state index contributed by atoms with van der Waals surface area (Å²) in [6.07, 6.45) is 0. The molecule has 4 heterocycles. The van der Waals surface area contributed by atoms with E-state index in [1.807, 2.05) is 18.2 Å². The smallest absolute Gasteiger partial charge is 0.232 e. The van der Waals surface area contributed by atoms with Gasteiger partial charge >= 0.3 is 0 Å². The lowest BCUT2D eigenvalue weighted by Gasteiger charge is -2.37. The minimum absolute atomic E-state index is 0.256. The summed E-state index contributed by atoms with van der Waals surface area (Å²) in [6.45, 7) is 6.04. The van der Waals surface area contributed by atoms with E-state index < -0.39 is 0 Å². The van der Waals surface area contributed by atoms with Gasteiger partial charge in [0.2, 0.25) is 12.7 Å². The summed E-state index contributed by atoms with van der Waals surface area (Å²) in [5.74, 6) is 3.79. The number of nitrogens with zero attached hydrogens (tertiary/aromatic N) is 5. The molecule has 2 N–H and O–H groups in total. The van der Waals surface area contributed by atoms with E-state index in [4.69, 9.17) is 31.7 Å². The molecule has 0 aliphatic carbocycles. The first kappa shape index (κ1) is 25.4. The Morgan fingerprint density at radius 2 is 1.39 bits per heavy atom. The first-order chi connectivity index (χ1) is 20.2. The first-order valence-corrected chi connectivity index (χ1v) is 14.3. The fourth-order valence-electron chi connectivity index (χ4n) is 5.51. The largest absolute Gasteiger partial charge is 0.454 e. The van der Waals surface area contributed by atoms with Gasteiger partial charge in [0.15, 0.2) is 16.6 Å². The third-order valence-electron chi connectivity index (χ3n) is 7.70. The van der Waals surface area contributed by atoms with Crippen LogP contribution in [-0.2, 0) is 19.6 Å². The number of rotatable bonds is 6. The molecule has 208 valence electrons. The molecule has 10 heteroatoms. The molecular weight excluding hydrogens is 534 g/mol. The molecule has 0 bridgehead atoms. The lowest BCUT2D eigenvalue weighted by Crippen LogP contribution is -2.47. The van der Waals surface area contributed by atoms with E-state index in [0.29, 0.717) is 17.6 Å². The number of fused-ring (bicyclic) bond motifs is 2. The zero-order valence-electron chi connectivity index (χ0n) is 22.6. The highest BCUT2D eigenvalue weighted by molar-refractivity contribution is 7.80. The Hall–Kier alpha value is -4.57. The number of benzene rings is 3. The summed E-state index contributed by atoms with van der Waals surface area (Å²) in [7, 11) is 0. The number of nitrogens with one attached hydrogen (secondary N) is 2. The van der Waals surface area contributed by atoms with E-state index in [2.05, 4.69) is 86.0 Å². The molecule has 0 radical (unpaired) electrons. The van der Waals surface area contributed by atoms with Crippen LogP contribution in [0.15, 0.2) is 78.9 Å². The maximum Gasteiger partial charge on any atom is 0.232 e. The summed E-state index contributed by atoms with van der Waals surface area (Å²) in [4.78, 5) is 16.9. The second-order valence-corrected chi connectivity index (χ2v) is 10.7. The van der Waals surface area contributed by atoms with Crippen LogP contribution in [0.3, 0.4) is 0 Å². The Morgan fingerprint density at radius 3 is 2.15 bits per heavy atom. The van der Waals surface area contributed by atoms with Gasteiger partial charge in [0.05, 0.1) is 0 Å². The first-order valence-electron chi connectivity index (χ1n) is 13.9. The molecule has 0 atom stereocenters. The second kappa shape index (κ2) is 11.1. The minimum Gasteiger partial charge on any atom is -0.454 e. The fraction of sp³-hybridized carbons (Fsp3) is 0.258. The summed E-state index contributed by atoms with van der Waals surface area (Å²) in [5.41, 5.74) is 4.96. The fourth-order valence-corrected chi connectivity index (χ4v) is 5.67. The molecule has 0 amide bonds. The molecule has 0 spiro atoms. The molecule has 1 fully saturated rings. The van der Waals surface area contributed by atoms with E-state index >= 15 is 0 Å². The van der Waals surface area contributed by atoms with Crippen molar-refractivity contribution in [1.82, 2.24) is 15.3 Å². The van der Waals surface area contributed by atoms with Gasteiger partial charge in [0.25, 0.3) is 0 Å². The Morgan fingerprint density at radius 1 is 0.732 bits per heavy atom. The van der Waals surface area contributed by atoms with Gasteiger partial charge in [-0.2, -0.15) is 9.97 Å². The molecule has 41 heavy (non-hydrogen) atoms. The quantitative estimate of drug-likeness (QED) is 0.326. The Labute approximate surface area is 244 Å². The average Bonchev–Trinajstić information content (AvgIpc) is 3.67. The van der Waals surface area contributed by atoms with Crippen LogP contribution in [0.1, 0.15) is 16.7 Å². The number of piperazine rings is 1. The third kappa shape index (κ3) is 5.55. The van der Waals surface area contributed by atoms with Gasteiger partial charge in [-0.3, -0.25) is 0 Å². The number of hydrogen-bond acceptors (Lipinski definition) is 8. The molecule has 7 rings (SSSR count). The number of anilines is 4. The van der Waals surface area contributed by atoms with Crippen LogP contribution in [0.2, 0.25) is 0 Å². The molecule has 1 saturated heterocycles. The highest BCUT2D eigenvalue weighted by atomic mass is 32.1. The maximum absolute atomic E-state index is 5.65. The van der Waals surface area contributed by atoms with Gasteiger partial charge in [-0.25, -0.2) is 0 Å². The molecule has 4 aromatic rings. The standard InChI is InChI=1S/C31H31N7O2S/c41-31(32-18-22-10-11-26-27(16-22)40-21-39-26)35-30-33-28(37-14-12-36(13-15-37)25-8-2-1-3-9-25)17-29(34-30)38-19-23-6-4-5-7-24(23)20-38/h1-11,16-17H,12-15,18-21H2,(H2,32,33,34,35,41). The van der Waals surface area contributed by atoms with Crippen molar-refractivity contribution in [2.45, 2.75) is 19.6 Å². The second-order valence-electron chi connectivity index (χ2n) is 10.3. The maximum atomic E-state index is 5.65. The predicted octanol–water partition coefficient (Wildman–Crippen LogP) is 4.54. The molecule has 0 saturated carbocycles. The van der Waals surface area contributed by atoms with Crippen molar-refractivity contribution in [3.05, 3.63) is 95.6 Å². The van der Waals surface area contributed by atoms with E-state index in [1.165, 1.54) is 16.8 Å². The third-order valence-corrected chi connectivity index (χ3v) is 7.95. The van der Waals surface area contributed by atoms with Crippen molar-refractivity contribution in [3.8, 4) is 11.5 Å². The van der Waals surface area contributed by atoms with Gasteiger partial charge < -0.3 is 34.8 Å². The minimum atomic E-state index is 0.256. The zero-order valence-corrected chi connectivity index (χ0v) is 23.4. The predicted molar refractivity (Wildman–Crippen MR) is 165 cm³/mol. The van der Waals surface area contributed by atoms with Crippen LogP contribution in [0, 0.1) is 0 Å². The van der Waals surface area contributed by atoms with Crippen molar-refractivity contribution in [3.63, 3.8) is 0 Å². The molecule has 1 aromatic heterocycles. The van der Waals surface area contributed by atoms with Crippen LogP contribution in [0.5, 0.6) is 11.5 Å². The monoisotopic (exact) mass is 565 g/mol. The number of aromatic nitrogens is 2. The Balaban J connectivity index is 1.08. The van der Waals surface area contributed by atoms with Gasteiger partial charge in [0.1, 0.15) is 11.6 Å². The summed E-state index contributed by atoms with van der Waals surface area (Å²) < 4.78 is 10.9. The van der Waals surface area contributed by atoms with Crippen LogP contribution in [-0.4, -0.2) is 48.1 Å². The van der Waals surface area contributed by atoms with E-state index in [1.54, 1.807) is 0 Å². The summed E-state index contributed by atoms with van der Waals surface area (Å²) in [6, 6.07) is 27.1. The van der Waals surface area contributed by atoms with Crippen molar-refractivity contribution in [1.29, 1.82) is 0 Å². The molecule has 3 aliphatic heterocycles. The molecule has 0 unspecified atom stereocenters. The van der Waals surface area contributed by atoms with Crippen molar-refractivity contribution >= 4 is 40.6 Å². The van der Waals surface area contributed by atoms with Gasteiger partial charge in [-0.05, 0) is 53.2 Å². The molecule has 9 nitrogen and oxygen atoms in total.